The van der Waals surface area contributed by atoms with Crippen molar-refractivity contribution in [2.24, 2.45) is 17.4 Å². The van der Waals surface area contributed by atoms with Gasteiger partial charge in [-0.1, -0.05) is 24.3 Å². The smallest absolute Gasteiger partial charge is 0.255 e. The lowest BCUT2D eigenvalue weighted by Crippen LogP contribution is -2.44. The zero-order valence-electron chi connectivity index (χ0n) is 15.5. The molecular formula is C21H23N3O4. The molecule has 146 valence electrons. The third-order valence-corrected chi connectivity index (χ3v) is 4.79. The molecule has 3 rings (SSSR count). The van der Waals surface area contributed by atoms with E-state index in [0.29, 0.717) is 24.4 Å². The SMILES string of the molecule is NC(=O)COc1cccc(-c2ccc(C(=O)N3CCCC(C(N)=O)C3)cc2)c1. The highest BCUT2D eigenvalue weighted by Crippen LogP contribution is 2.25. The highest BCUT2D eigenvalue weighted by Gasteiger charge is 2.27. The Kier molecular flexibility index (Phi) is 5.93. The van der Waals surface area contributed by atoms with Gasteiger partial charge in [-0.15, -0.1) is 0 Å². The van der Waals surface area contributed by atoms with Crippen LogP contribution in [0.3, 0.4) is 0 Å². The molecule has 1 aliphatic heterocycles. The maximum atomic E-state index is 12.7. The van der Waals surface area contributed by atoms with Crippen LogP contribution in [0.1, 0.15) is 23.2 Å². The second-order valence-electron chi connectivity index (χ2n) is 6.85. The number of carbonyl (C=O) groups is 3. The van der Waals surface area contributed by atoms with Crippen LogP contribution < -0.4 is 16.2 Å². The van der Waals surface area contributed by atoms with Crippen molar-refractivity contribution < 1.29 is 19.1 Å². The van der Waals surface area contributed by atoms with E-state index in [1.807, 2.05) is 30.3 Å². The zero-order valence-corrected chi connectivity index (χ0v) is 15.5. The Labute approximate surface area is 163 Å². The quantitative estimate of drug-likeness (QED) is 0.790. The number of rotatable bonds is 6. The topological polar surface area (TPSA) is 116 Å². The minimum Gasteiger partial charge on any atom is -0.484 e. The Morgan fingerprint density at radius 2 is 1.79 bits per heavy atom. The highest BCUT2D eigenvalue weighted by atomic mass is 16.5. The van der Waals surface area contributed by atoms with E-state index in [-0.39, 0.29) is 24.3 Å². The van der Waals surface area contributed by atoms with Gasteiger partial charge in [0.25, 0.3) is 11.8 Å². The van der Waals surface area contributed by atoms with E-state index in [0.717, 1.165) is 24.0 Å². The molecule has 1 heterocycles. The molecule has 1 aliphatic rings. The molecule has 0 spiro atoms. The third kappa shape index (κ3) is 4.68. The van der Waals surface area contributed by atoms with Crippen LogP contribution in [0.5, 0.6) is 5.75 Å². The molecule has 0 saturated carbocycles. The second-order valence-corrected chi connectivity index (χ2v) is 6.85. The molecule has 0 bridgehead atoms. The number of likely N-dealkylation sites (tertiary alicyclic amines) is 1. The van der Waals surface area contributed by atoms with E-state index in [1.54, 1.807) is 23.1 Å². The standard InChI is InChI=1S/C21H23N3O4/c22-19(25)13-28-18-5-1-3-16(11-18)14-6-8-15(9-7-14)21(27)24-10-2-4-17(12-24)20(23)26/h1,3,5-9,11,17H,2,4,10,12-13H2,(H2,22,25)(H2,23,26). The summed E-state index contributed by atoms with van der Waals surface area (Å²) in [4.78, 5) is 36.7. The molecule has 1 unspecified atom stereocenters. The fourth-order valence-electron chi connectivity index (χ4n) is 3.30. The van der Waals surface area contributed by atoms with Crippen LogP contribution in [0.2, 0.25) is 0 Å². The van der Waals surface area contributed by atoms with Gasteiger partial charge >= 0.3 is 0 Å². The zero-order chi connectivity index (χ0) is 20.1. The summed E-state index contributed by atoms with van der Waals surface area (Å²) < 4.78 is 5.33. The molecule has 7 heteroatoms. The first-order valence-corrected chi connectivity index (χ1v) is 9.14. The number of amides is 3. The van der Waals surface area contributed by atoms with Crippen molar-refractivity contribution in [2.75, 3.05) is 19.7 Å². The fourth-order valence-corrected chi connectivity index (χ4v) is 3.30. The van der Waals surface area contributed by atoms with E-state index in [2.05, 4.69) is 0 Å². The fraction of sp³-hybridized carbons (Fsp3) is 0.286. The molecular weight excluding hydrogens is 358 g/mol. The summed E-state index contributed by atoms with van der Waals surface area (Å²) in [6, 6.07) is 14.5. The van der Waals surface area contributed by atoms with Crippen molar-refractivity contribution >= 4 is 17.7 Å². The molecule has 28 heavy (non-hydrogen) atoms. The summed E-state index contributed by atoms with van der Waals surface area (Å²) in [6.45, 7) is 0.817. The Hall–Kier alpha value is -3.35. The van der Waals surface area contributed by atoms with Crippen molar-refractivity contribution in [1.82, 2.24) is 4.90 Å². The van der Waals surface area contributed by atoms with Crippen molar-refractivity contribution in [2.45, 2.75) is 12.8 Å². The van der Waals surface area contributed by atoms with Gasteiger partial charge in [0, 0.05) is 18.7 Å². The number of benzene rings is 2. The lowest BCUT2D eigenvalue weighted by Gasteiger charge is -2.31. The summed E-state index contributed by atoms with van der Waals surface area (Å²) in [5.41, 5.74) is 12.9. The first-order valence-electron chi connectivity index (χ1n) is 9.14. The predicted molar refractivity (Wildman–Crippen MR) is 104 cm³/mol. The minimum atomic E-state index is -0.537. The average molecular weight is 381 g/mol. The van der Waals surface area contributed by atoms with E-state index < -0.39 is 5.91 Å². The number of primary amides is 2. The summed E-state index contributed by atoms with van der Waals surface area (Å²) >= 11 is 0. The van der Waals surface area contributed by atoms with Gasteiger partial charge in [-0.2, -0.15) is 0 Å². The number of hydrogen-bond acceptors (Lipinski definition) is 4. The molecule has 3 amide bonds. The third-order valence-electron chi connectivity index (χ3n) is 4.79. The molecule has 0 radical (unpaired) electrons. The lowest BCUT2D eigenvalue weighted by molar-refractivity contribution is -0.123. The van der Waals surface area contributed by atoms with Gasteiger partial charge in [-0.25, -0.2) is 0 Å². The Morgan fingerprint density at radius 1 is 1.04 bits per heavy atom. The first-order chi connectivity index (χ1) is 13.4. The average Bonchev–Trinajstić information content (AvgIpc) is 2.72. The summed E-state index contributed by atoms with van der Waals surface area (Å²) in [6.07, 6.45) is 1.50. The van der Waals surface area contributed by atoms with Crippen LogP contribution in [0, 0.1) is 5.92 Å². The van der Waals surface area contributed by atoms with Gasteiger partial charge in [-0.3, -0.25) is 14.4 Å². The molecule has 4 N–H and O–H groups in total. The first kappa shape index (κ1) is 19.4. The number of ether oxygens (including phenoxy) is 1. The van der Waals surface area contributed by atoms with Gasteiger partial charge in [0.1, 0.15) is 5.75 Å². The van der Waals surface area contributed by atoms with Crippen LogP contribution in [0.25, 0.3) is 11.1 Å². The Bertz CT molecular complexity index is 879. The van der Waals surface area contributed by atoms with Crippen molar-refractivity contribution in [3.63, 3.8) is 0 Å². The molecule has 1 saturated heterocycles. The number of carbonyl (C=O) groups excluding carboxylic acids is 3. The Balaban J connectivity index is 1.71. The lowest BCUT2D eigenvalue weighted by atomic mass is 9.96. The normalized spacial score (nSPS) is 16.4. The van der Waals surface area contributed by atoms with E-state index >= 15 is 0 Å². The molecule has 1 atom stereocenters. The van der Waals surface area contributed by atoms with Crippen LogP contribution >= 0.6 is 0 Å². The molecule has 2 aromatic carbocycles. The molecule has 0 aromatic heterocycles. The van der Waals surface area contributed by atoms with E-state index in [4.69, 9.17) is 16.2 Å². The van der Waals surface area contributed by atoms with Crippen molar-refractivity contribution in [3.05, 3.63) is 54.1 Å². The van der Waals surface area contributed by atoms with Crippen molar-refractivity contribution in [3.8, 4) is 16.9 Å². The molecule has 2 aromatic rings. The maximum absolute atomic E-state index is 12.7. The Morgan fingerprint density at radius 3 is 2.46 bits per heavy atom. The molecule has 1 fully saturated rings. The monoisotopic (exact) mass is 381 g/mol. The van der Waals surface area contributed by atoms with Crippen LogP contribution in [0.4, 0.5) is 0 Å². The van der Waals surface area contributed by atoms with Gasteiger partial charge in [0.15, 0.2) is 6.61 Å². The number of nitrogens with zero attached hydrogens (tertiary/aromatic N) is 1. The van der Waals surface area contributed by atoms with Gasteiger partial charge in [0.05, 0.1) is 5.92 Å². The summed E-state index contributed by atoms with van der Waals surface area (Å²) in [5.74, 6) is -0.728. The maximum Gasteiger partial charge on any atom is 0.255 e. The van der Waals surface area contributed by atoms with Gasteiger partial charge in [-0.05, 0) is 48.2 Å². The van der Waals surface area contributed by atoms with Gasteiger partial charge in [0.2, 0.25) is 5.91 Å². The van der Waals surface area contributed by atoms with Crippen LogP contribution in [-0.2, 0) is 9.59 Å². The number of hydrogen-bond donors (Lipinski definition) is 2. The number of piperidine rings is 1. The van der Waals surface area contributed by atoms with E-state index in [9.17, 15) is 14.4 Å². The largest absolute Gasteiger partial charge is 0.484 e. The van der Waals surface area contributed by atoms with Crippen LogP contribution in [0.15, 0.2) is 48.5 Å². The predicted octanol–water partition coefficient (Wildman–Crippen LogP) is 1.56. The molecule has 0 aliphatic carbocycles. The minimum absolute atomic E-state index is 0.101. The van der Waals surface area contributed by atoms with Crippen LogP contribution in [-0.4, -0.2) is 42.3 Å². The number of nitrogens with two attached hydrogens (primary N) is 2. The van der Waals surface area contributed by atoms with Crippen molar-refractivity contribution in [1.29, 1.82) is 0 Å². The summed E-state index contributed by atoms with van der Waals surface area (Å²) in [7, 11) is 0. The molecule has 7 nitrogen and oxygen atoms in total. The highest BCUT2D eigenvalue weighted by molar-refractivity contribution is 5.95. The second kappa shape index (κ2) is 8.56. The van der Waals surface area contributed by atoms with Gasteiger partial charge < -0.3 is 21.1 Å². The van der Waals surface area contributed by atoms with E-state index in [1.165, 1.54) is 0 Å². The summed E-state index contributed by atoms with van der Waals surface area (Å²) in [5, 5.41) is 0.